The van der Waals surface area contributed by atoms with E-state index in [9.17, 15) is 4.79 Å². The van der Waals surface area contributed by atoms with Crippen molar-refractivity contribution in [1.82, 2.24) is 4.90 Å². The maximum absolute atomic E-state index is 12.1. The normalized spacial score (nSPS) is 19.0. The molecule has 1 saturated carbocycles. The van der Waals surface area contributed by atoms with Crippen LogP contribution in [0.3, 0.4) is 0 Å². The molecule has 1 aliphatic heterocycles. The first kappa shape index (κ1) is 10.8. The van der Waals surface area contributed by atoms with Crippen molar-refractivity contribution >= 4 is 5.91 Å². The first-order chi connectivity index (χ1) is 8.22. The van der Waals surface area contributed by atoms with E-state index >= 15 is 0 Å². The average Bonchev–Trinajstić information content (AvgIpc) is 3.12. The molecule has 0 bridgehead atoms. The summed E-state index contributed by atoms with van der Waals surface area (Å²) in [5, 5.41) is 0. The van der Waals surface area contributed by atoms with Gasteiger partial charge in [-0.1, -0.05) is 23.8 Å². The van der Waals surface area contributed by atoms with E-state index in [2.05, 4.69) is 25.1 Å². The molecule has 1 amide bonds. The first-order valence-corrected chi connectivity index (χ1v) is 6.58. The van der Waals surface area contributed by atoms with Gasteiger partial charge in [-0.3, -0.25) is 4.79 Å². The van der Waals surface area contributed by atoms with Gasteiger partial charge in [-0.2, -0.15) is 0 Å². The van der Waals surface area contributed by atoms with Crippen LogP contribution < -0.4 is 0 Å². The molecule has 1 aromatic rings. The van der Waals surface area contributed by atoms with Crippen LogP contribution in [0.4, 0.5) is 0 Å². The Labute approximate surface area is 103 Å². The number of amides is 1. The molecular weight excluding hydrogens is 210 g/mol. The second-order valence-electron chi connectivity index (χ2n) is 5.48. The van der Waals surface area contributed by atoms with Crippen LogP contribution in [-0.4, -0.2) is 17.4 Å². The standard InChI is InChI=1S/C15H19NO/c1-11-2-5-13-6-7-16(10-14(13)8-11)15(17)9-12-3-4-12/h2,5,8,12H,3-4,6-7,9-10H2,1H3. The molecule has 0 N–H and O–H groups in total. The first-order valence-electron chi connectivity index (χ1n) is 6.58. The van der Waals surface area contributed by atoms with Gasteiger partial charge >= 0.3 is 0 Å². The number of carbonyl (C=O) groups is 1. The molecule has 0 atom stereocenters. The van der Waals surface area contributed by atoms with E-state index < -0.39 is 0 Å². The summed E-state index contributed by atoms with van der Waals surface area (Å²) in [4.78, 5) is 14.1. The van der Waals surface area contributed by atoms with Gasteiger partial charge in [-0.15, -0.1) is 0 Å². The monoisotopic (exact) mass is 229 g/mol. The minimum absolute atomic E-state index is 0.361. The summed E-state index contributed by atoms with van der Waals surface area (Å²) in [5.41, 5.74) is 4.06. The third kappa shape index (κ3) is 2.36. The fourth-order valence-corrected chi connectivity index (χ4v) is 2.60. The summed E-state index contributed by atoms with van der Waals surface area (Å²) in [7, 11) is 0. The van der Waals surface area contributed by atoms with E-state index in [-0.39, 0.29) is 0 Å². The number of nitrogens with zero attached hydrogens (tertiary/aromatic N) is 1. The van der Waals surface area contributed by atoms with E-state index in [1.165, 1.54) is 29.5 Å². The van der Waals surface area contributed by atoms with Gasteiger partial charge in [0.15, 0.2) is 0 Å². The molecule has 1 fully saturated rings. The molecule has 90 valence electrons. The van der Waals surface area contributed by atoms with Crippen molar-refractivity contribution in [3.63, 3.8) is 0 Å². The van der Waals surface area contributed by atoms with Gasteiger partial charge in [0, 0.05) is 19.5 Å². The third-order valence-electron chi connectivity index (χ3n) is 3.89. The maximum Gasteiger partial charge on any atom is 0.223 e. The summed E-state index contributed by atoms with van der Waals surface area (Å²) in [6, 6.07) is 6.61. The second-order valence-corrected chi connectivity index (χ2v) is 5.48. The number of benzene rings is 1. The molecule has 1 aliphatic carbocycles. The zero-order valence-corrected chi connectivity index (χ0v) is 10.4. The summed E-state index contributed by atoms with van der Waals surface area (Å²) in [6.45, 7) is 3.84. The van der Waals surface area contributed by atoms with Gasteiger partial charge < -0.3 is 4.90 Å². The van der Waals surface area contributed by atoms with E-state index in [0.29, 0.717) is 11.8 Å². The number of aryl methyl sites for hydroxylation is 1. The largest absolute Gasteiger partial charge is 0.338 e. The quantitative estimate of drug-likeness (QED) is 0.763. The van der Waals surface area contributed by atoms with Gasteiger partial charge in [0.2, 0.25) is 5.91 Å². The summed E-state index contributed by atoms with van der Waals surface area (Å²) < 4.78 is 0. The highest BCUT2D eigenvalue weighted by Crippen LogP contribution is 2.33. The Bertz CT molecular complexity index is 448. The van der Waals surface area contributed by atoms with Crippen LogP contribution in [0.2, 0.25) is 0 Å². The van der Waals surface area contributed by atoms with E-state index in [0.717, 1.165) is 25.9 Å². The maximum atomic E-state index is 12.1. The Morgan fingerprint density at radius 2 is 2.18 bits per heavy atom. The number of fused-ring (bicyclic) bond motifs is 1. The average molecular weight is 229 g/mol. The van der Waals surface area contributed by atoms with Gasteiger partial charge in [0.25, 0.3) is 0 Å². The summed E-state index contributed by atoms with van der Waals surface area (Å²) in [5.74, 6) is 1.06. The molecule has 0 radical (unpaired) electrons. The molecule has 0 unspecified atom stereocenters. The lowest BCUT2D eigenvalue weighted by Gasteiger charge is -2.29. The predicted octanol–water partition coefficient (Wildman–Crippen LogP) is 2.68. The SMILES string of the molecule is Cc1ccc2c(c1)CN(C(=O)CC1CC1)CC2. The lowest BCUT2D eigenvalue weighted by atomic mass is 9.97. The number of hydrogen-bond donors (Lipinski definition) is 0. The van der Waals surface area contributed by atoms with Crippen LogP contribution >= 0.6 is 0 Å². The van der Waals surface area contributed by atoms with Crippen LogP contribution in [0.25, 0.3) is 0 Å². The van der Waals surface area contributed by atoms with Crippen molar-refractivity contribution in [3.05, 3.63) is 34.9 Å². The highest BCUT2D eigenvalue weighted by atomic mass is 16.2. The zero-order chi connectivity index (χ0) is 11.8. The Morgan fingerprint density at radius 1 is 1.35 bits per heavy atom. The fourth-order valence-electron chi connectivity index (χ4n) is 2.60. The molecule has 0 saturated heterocycles. The van der Waals surface area contributed by atoms with Crippen LogP contribution in [0, 0.1) is 12.8 Å². The van der Waals surface area contributed by atoms with Crippen LogP contribution in [-0.2, 0) is 17.8 Å². The molecule has 2 nitrogen and oxygen atoms in total. The van der Waals surface area contributed by atoms with Crippen LogP contribution in [0.1, 0.15) is 36.0 Å². The lowest BCUT2D eigenvalue weighted by Crippen LogP contribution is -2.36. The lowest BCUT2D eigenvalue weighted by molar-refractivity contribution is -0.132. The van der Waals surface area contributed by atoms with Crippen molar-refractivity contribution in [2.75, 3.05) is 6.54 Å². The molecule has 1 heterocycles. The summed E-state index contributed by atoms with van der Waals surface area (Å²) >= 11 is 0. The van der Waals surface area contributed by atoms with Crippen LogP contribution in [0.5, 0.6) is 0 Å². The highest BCUT2D eigenvalue weighted by molar-refractivity contribution is 5.77. The Hall–Kier alpha value is -1.31. The minimum atomic E-state index is 0.361. The van der Waals surface area contributed by atoms with Gasteiger partial charge in [0.05, 0.1) is 0 Å². The summed E-state index contributed by atoms with van der Waals surface area (Å²) in [6.07, 6.45) is 4.32. The Morgan fingerprint density at radius 3 is 2.94 bits per heavy atom. The van der Waals surface area contributed by atoms with Crippen molar-refractivity contribution < 1.29 is 4.79 Å². The Balaban J connectivity index is 1.72. The zero-order valence-electron chi connectivity index (χ0n) is 10.4. The highest BCUT2D eigenvalue weighted by Gasteiger charge is 2.28. The fraction of sp³-hybridized carbons (Fsp3) is 0.533. The second kappa shape index (κ2) is 4.17. The van der Waals surface area contributed by atoms with Crippen LogP contribution in [0.15, 0.2) is 18.2 Å². The molecular formula is C15H19NO. The topological polar surface area (TPSA) is 20.3 Å². The third-order valence-corrected chi connectivity index (χ3v) is 3.89. The number of hydrogen-bond acceptors (Lipinski definition) is 1. The molecule has 3 rings (SSSR count). The number of rotatable bonds is 2. The van der Waals surface area contributed by atoms with E-state index in [1.54, 1.807) is 0 Å². The smallest absolute Gasteiger partial charge is 0.223 e. The van der Waals surface area contributed by atoms with Gasteiger partial charge in [0.1, 0.15) is 0 Å². The molecule has 1 aromatic carbocycles. The molecule has 0 spiro atoms. The molecule has 17 heavy (non-hydrogen) atoms. The van der Waals surface area contributed by atoms with Gasteiger partial charge in [-0.25, -0.2) is 0 Å². The molecule has 2 aliphatic rings. The van der Waals surface area contributed by atoms with E-state index in [4.69, 9.17) is 0 Å². The van der Waals surface area contributed by atoms with Crippen molar-refractivity contribution in [1.29, 1.82) is 0 Å². The van der Waals surface area contributed by atoms with Crippen molar-refractivity contribution in [3.8, 4) is 0 Å². The Kier molecular flexibility index (Phi) is 2.65. The van der Waals surface area contributed by atoms with E-state index in [1.807, 2.05) is 4.90 Å². The predicted molar refractivity (Wildman–Crippen MR) is 67.6 cm³/mol. The van der Waals surface area contributed by atoms with Gasteiger partial charge in [-0.05, 0) is 43.2 Å². The minimum Gasteiger partial charge on any atom is -0.338 e. The number of carbonyl (C=O) groups excluding carboxylic acids is 1. The van der Waals surface area contributed by atoms with Crippen molar-refractivity contribution in [2.45, 2.75) is 39.2 Å². The molecule has 0 aromatic heterocycles. The van der Waals surface area contributed by atoms with Crippen molar-refractivity contribution in [2.24, 2.45) is 5.92 Å². The molecule has 2 heteroatoms.